The van der Waals surface area contributed by atoms with Crippen molar-refractivity contribution in [3.63, 3.8) is 0 Å². The third-order valence-electron chi connectivity index (χ3n) is 4.01. The molecule has 0 radical (unpaired) electrons. The van der Waals surface area contributed by atoms with Crippen LogP contribution >= 0.6 is 0 Å². The molecule has 1 aromatic carbocycles. The predicted molar refractivity (Wildman–Crippen MR) is 97.5 cm³/mol. The Hall–Kier alpha value is -3.47. The Morgan fingerprint density at radius 3 is 2.80 bits per heavy atom. The average molecular weight is 328 g/mol. The molecule has 0 saturated carbocycles. The normalized spacial score (nSPS) is 10.7. The van der Waals surface area contributed by atoms with Gasteiger partial charge in [-0.05, 0) is 48.5 Å². The van der Waals surface area contributed by atoms with E-state index in [1.54, 1.807) is 30.7 Å². The Kier molecular flexibility index (Phi) is 3.96. The summed E-state index contributed by atoms with van der Waals surface area (Å²) >= 11 is 0. The van der Waals surface area contributed by atoms with Crippen molar-refractivity contribution in [3.8, 4) is 0 Å². The molecule has 0 fully saturated rings. The molecule has 122 valence electrons. The molecule has 3 heterocycles. The summed E-state index contributed by atoms with van der Waals surface area (Å²) in [6.07, 6.45) is 7.03. The van der Waals surface area contributed by atoms with Gasteiger partial charge in [-0.25, -0.2) is 0 Å². The largest absolute Gasteiger partial charge is 0.341 e. The second-order valence-corrected chi connectivity index (χ2v) is 5.73. The highest BCUT2D eigenvalue weighted by Crippen LogP contribution is 2.21. The third kappa shape index (κ3) is 3.26. The zero-order valence-corrected chi connectivity index (χ0v) is 13.5. The first-order chi connectivity index (χ1) is 12.3. The molecule has 4 aromatic rings. The van der Waals surface area contributed by atoms with Crippen molar-refractivity contribution in [1.82, 2.24) is 14.5 Å². The van der Waals surface area contributed by atoms with E-state index in [-0.39, 0.29) is 5.91 Å². The van der Waals surface area contributed by atoms with E-state index >= 15 is 0 Å². The van der Waals surface area contributed by atoms with Crippen LogP contribution in [0.25, 0.3) is 10.9 Å². The maximum atomic E-state index is 12.2. The number of carbonyl (C=O) groups is 1. The summed E-state index contributed by atoms with van der Waals surface area (Å²) in [6, 6.07) is 17.3. The highest BCUT2D eigenvalue weighted by molar-refractivity contribution is 6.04. The van der Waals surface area contributed by atoms with E-state index in [9.17, 15) is 4.79 Å². The van der Waals surface area contributed by atoms with Crippen molar-refractivity contribution >= 4 is 22.5 Å². The van der Waals surface area contributed by atoms with Crippen molar-refractivity contribution in [3.05, 3.63) is 90.6 Å². The second-order valence-electron chi connectivity index (χ2n) is 5.73. The molecule has 5 heteroatoms. The molecule has 0 unspecified atom stereocenters. The van der Waals surface area contributed by atoms with Crippen molar-refractivity contribution < 1.29 is 4.79 Å². The summed E-state index contributed by atoms with van der Waals surface area (Å²) in [5.74, 6) is -0.166. The van der Waals surface area contributed by atoms with E-state index < -0.39 is 0 Å². The Bertz CT molecular complexity index is 1010. The van der Waals surface area contributed by atoms with Gasteiger partial charge in [0.1, 0.15) is 0 Å². The minimum absolute atomic E-state index is 0.166. The summed E-state index contributed by atoms with van der Waals surface area (Å²) in [6.45, 7) is 0.714. The lowest BCUT2D eigenvalue weighted by molar-refractivity contribution is 0.102. The van der Waals surface area contributed by atoms with E-state index in [0.717, 1.165) is 22.3 Å². The molecule has 0 spiro atoms. The van der Waals surface area contributed by atoms with Gasteiger partial charge in [0.25, 0.3) is 5.91 Å². The molecule has 0 atom stereocenters. The maximum absolute atomic E-state index is 12.2. The molecule has 3 aromatic heterocycles. The molecular weight excluding hydrogens is 312 g/mol. The number of hydrogen-bond donors (Lipinski definition) is 1. The molecule has 0 bridgehead atoms. The number of fused-ring (bicyclic) bond motifs is 1. The van der Waals surface area contributed by atoms with Crippen LogP contribution in [-0.2, 0) is 6.54 Å². The first-order valence-electron chi connectivity index (χ1n) is 8.00. The summed E-state index contributed by atoms with van der Waals surface area (Å²) in [5, 5.41) is 3.98. The van der Waals surface area contributed by atoms with Crippen LogP contribution in [0.15, 0.2) is 79.4 Å². The monoisotopic (exact) mass is 328 g/mol. The van der Waals surface area contributed by atoms with Gasteiger partial charge in [-0.1, -0.05) is 6.07 Å². The van der Waals surface area contributed by atoms with E-state index in [1.165, 1.54) is 0 Å². The standard InChI is InChI=1S/C20H16N4O/c25-20(16-4-3-9-21-13-16)23-17-6-7-19-15(12-17)8-11-24(19)14-18-5-1-2-10-22-18/h1-13H,14H2,(H,23,25). The fourth-order valence-electron chi connectivity index (χ4n) is 2.78. The van der Waals surface area contributed by atoms with Crippen LogP contribution in [0.1, 0.15) is 16.1 Å². The Morgan fingerprint density at radius 2 is 2.00 bits per heavy atom. The predicted octanol–water partition coefficient (Wildman–Crippen LogP) is 3.73. The molecular formula is C20H16N4O. The number of rotatable bonds is 4. The minimum Gasteiger partial charge on any atom is -0.341 e. The Labute approximate surface area is 145 Å². The lowest BCUT2D eigenvalue weighted by atomic mass is 10.2. The van der Waals surface area contributed by atoms with Gasteiger partial charge >= 0.3 is 0 Å². The first-order valence-corrected chi connectivity index (χ1v) is 8.00. The van der Waals surface area contributed by atoms with Gasteiger partial charge in [0.15, 0.2) is 0 Å². The highest BCUT2D eigenvalue weighted by Gasteiger charge is 2.08. The smallest absolute Gasteiger partial charge is 0.257 e. The van der Waals surface area contributed by atoms with Crippen LogP contribution in [0.3, 0.4) is 0 Å². The molecule has 4 rings (SSSR count). The number of pyridine rings is 2. The number of anilines is 1. The maximum Gasteiger partial charge on any atom is 0.257 e. The molecule has 1 N–H and O–H groups in total. The lowest BCUT2D eigenvalue weighted by Crippen LogP contribution is -2.11. The average Bonchev–Trinajstić information content (AvgIpc) is 3.05. The minimum atomic E-state index is -0.166. The number of carbonyl (C=O) groups excluding carboxylic acids is 1. The molecule has 0 aliphatic rings. The van der Waals surface area contributed by atoms with Gasteiger partial charge in [0.05, 0.1) is 17.8 Å². The summed E-state index contributed by atoms with van der Waals surface area (Å²) in [4.78, 5) is 20.6. The lowest BCUT2D eigenvalue weighted by Gasteiger charge is -2.07. The number of hydrogen-bond acceptors (Lipinski definition) is 3. The van der Waals surface area contributed by atoms with Gasteiger partial charge in [0.2, 0.25) is 0 Å². The van der Waals surface area contributed by atoms with E-state index in [2.05, 4.69) is 19.9 Å². The van der Waals surface area contributed by atoms with Crippen LogP contribution in [0, 0.1) is 0 Å². The molecule has 5 nitrogen and oxygen atoms in total. The SMILES string of the molecule is O=C(Nc1ccc2c(ccn2Cc2ccccn2)c1)c1cccnc1. The number of benzene rings is 1. The zero-order valence-electron chi connectivity index (χ0n) is 13.5. The zero-order chi connectivity index (χ0) is 17.1. The Morgan fingerprint density at radius 1 is 1.04 bits per heavy atom. The van der Waals surface area contributed by atoms with E-state index in [0.29, 0.717) is 12.1 Å². The van der Waals surface area contributed by atoms with Crippen molar-refractivity contribution in [2.45, 2.75) is 6.54 Å². The van der Waals surface area contributed by atoms with Gasteiger partial charge in [-0.2, -0.15) is 0 Å². The summed E-state index contributed by atoms with van der Waals surface area (Å²) in [5.41, 5.74) is 3.41. The van der Waals surface area contributed by atoms with Crippen molar-refractivity contribution in [1.29, 1.82) is 0 Å². The third-order valence-corrected chi connectivity index (χ3v) is 4.01. The number of nitrogens with one attached hydrogen (secondary N) is 1. The van der Waals surface area contributed by atoms with Crippen LogP contribution in [0.2, 0.25) is 0 Å². The first kappa shape index (κ1) is 15.1. The van der Waals surface area contributed by atoms with Crippen molar-refractivity contribution in [2.24, 2.45) is 0 Å². The molecule has 25 heavy (non-hydrogen) atoms. The topological polar surface area (TPSA) is 59.8 Å². The van der Waals surface area contributed by atoms with Crippen LogP contribution in [0.5, 0.6) is 0 Å². The molecule has 0 saturated heterocycles. The second kappa shape index (κ2) is 6.57. The van der Waals surface area contributed by atoms with Gasteiger partial charge in [0, 0.05) is 41.4 Å². The molecule has 0 aliphatic carbocycles. The quantitative estimate of drug-likeness (QED) is 0.621. The Balaban J connectivity index is 1.56. The van der Waals surface area contributed by atoms with E-state index in [1.807, 2.05) is 48.7 Å². The van der Waals surface area contributed by atoms with Gasteiger partial charge in [-0.15, -0.1) is 0 Å². The van der Waals surface area contributed by atoms with E-state index in [4.69, 9.17) is 0 Å². The number of aromatic nitrogens is 3. The number of amides is 1. The fraction of sp³-hybridized carbons (Fsp3) is 0.0500. The highest BCUT2D eigenvalue weighted by atomic mass is 16.1. The molecule has 0 aliphatic heterocycles. The van der Waals surface area contributed by atoms with Crippen LogP contribution in [0.4, 0.5) is 5.69 Å². The van der Waals surface area contributed by atoms with Crippen molar-refractivity contribution in [2.75, 3.05) is 5.32 Å². The van der Waals surface area contributed by atoms with Crippen LogP contribution < -0.4 is 5.32 Å². The van der Waals surface area contributed by atoms with Gasteiger partial charge < -0.3 is 9.88 Å². The van der Waals surface area contributed by atoms with Crippen LogP contribution in [-0.4, -0.2) is 20.4 Å². The number of nitrogens with zero attached hydrogens (tertiary/aromatic N) is 3. The van der Waals surface area contributed by atoms with Gasteiger partial charge in [-0.3, -0.25) is 14.8 Å². The summed E-state index contributed by atoms with van der Waals surface area (Å²) in [7, 11) is 0. The summed E-state index contributed by atoms with van der Waals surface area (Å²) < 4.78 is 2.14. The fourth-order valence-corrected chi connectivity index (χ4v) is 2.78. The molecule has 1 amide bonds.